The molecule has 1 aromatic rings. The average molecular weight is 403 g/mol. The third-order valence-corrected chi connectivity index (χ3v) is 6.40. The summed E-state index contributed by atoms with van der Waals surface area (Å²) < 4.78 is 13.1. The second-order valence-electron chi connectivity index (χ2n) is 7.46. The number of halogens is 1. The minimum atomic E-state index is -0.106. The van der Waals surface area contributed by atoms with Crippen molar-refractivity contribution in [2.45, 2.75) is 38.4 Å². The predicted molar refractivity (Wildman–Crippen MR) is 101 cm³/mol. The van der Waals surface area contributed by atoms with Gasteiger partial charge in [-0.1, -0.05) is 47.2 Å². The van der Waals surface area contributed by atoms with E-state index in [0.29, 0.717) is 18.8 Å². The maximum atomic E-state index is 12.6. The van der Waals surface area contributed by atoms with Crippen LogP contribution in [0.4, 0.5) is 0 Å². The molecule has 1 aromatic carbocycles. The Morgan fingerprint density at radius 2 is 2.08 bits per heavy atom. The topological polar surface area (TPSA) is 35.5 Å². The first kappa shape index (κ1) is 17.0. The second kappa shape index (κ2) is 6.73. The first-order chi connectivity index (χ1) is 12.1. The predicted octanol–water partition coefficient (Wildman–Crippen LogP) is 4.71. The number of carbonyl (C=O) groups is 1. The molecule has 25 heavy (non-hydrogen) atoms. The lowest BCUT2D eigenvalue weighted by molar-refractivity contribution is -0.147. The fourth-order valence-corrected chi connectivity index (χ4v) is 4.79. The van der Waals surface area contributed by atoms with E-state index in [0.717, 1.165) is 23.1 Å². The van der Waals surface area contributed by atoms with Crippen LogP contribution in [-0.2, 0) is 9.53 Å². The van der Waals surface area contributed by atoms with Crippen molar-refractivity contribution >= 4 is 21.7 Å². The first-order valence-corrected chi connectivity index (χ1v) is 9.78. The molecule has 1 fully saturated rings. The van der Waals surface area contributed by atoms with E-state index in [9.17, 15) is 4.79 Å². The van der Waals surface area contributed by atoms with Gasteiger partial charge in [0.1, 0.15) is 24.2 Å². The van der Waals surface area contributed by atoms with Gasteiger partial charge in [-0.3, -0.25) is 4.79 Å². The van der Waals surface area contributed by atoms with Gasteiger partial charge in [0.25, 0.3) is 0 Å². The zero-order valence-corrected chi connectivity index (χ0v) is 15.9. The van der Waals surface area contributed by atoms with Crippen LogP contribution in [0, 0.1) is 17.3 Å². The van der Waals surface area contributed by atoms with Crippen molar-refractivity contribution in [3.05, 3.63) is 53.0 Å². The zero-order chi connectivity index (χ0) is 17.4. The van der Waals surface area contributed by atoms with Gasteiger partial charge in [-0.25, -0.2) is 0 Å². The van der Waals surface area contributed by atoms with Gasteiger partial charge in [-0.05, 0) is 37.1 Å². The fraction of sp³-hybridized carbons (Fsp3) is 0.476. The summed E-state index contributed by atoms with van der Waals surface area (Å²) in [5.74, 6) is 1.60. The Labute approximate surface area is 157 Å². The van der Waals surface area contributed by atoms with Crippen LogP contribution in [0.25, 0.3) is 0 Å². The molecule has 0 spiro atoms. The van der Waals surface area contributed by atoms with Crippen molar-refractivity contribution in [2.75, 3.05) is 6.61 Å². The number of Topliss-reactive ketones (excluding diaryl/α,β-unsaturated/α-hetero) is 1. The molecule has 132 valence electrons. The summed E-state index contributed by atoms with van der Waals surface area (Å²) in [6, 6.07) is 7.78. The number of fused-ring (bicyclic) bond motifs is 3. The van der Waals surface area contributed by atoms with E-state index in [-0.39, 0.29) is 29.5 Å². The number of ether oxygens (including phenoxy) is 2. The molecule has 1 aliphatic heterocycles. The Balaban J connectivity index is 1.47. The Kier molecular flexibility index (Phi) is 4.59. The van der Waals surface area contributed by atoms with E-state index in [1.165, 1.54) is 0 Å². The van der Waals surface area contributed by atoms with Gasteiger partial charge in [0.2, 0.25) is 0 Å². The van der Waals surface area contributed by atoms with Gasteiger partial charge in [0, 0.05) is 28.1 Å². The molecule has 0 saturated heterocycles. The number of benzene rings is 1. The molecule has 0 amide bonds. The SMILES string of the molecule is C[C@]12C=CCC[C@@H]1C(=O)C[C@H]1O[C@H](COc3ccc(Br)cc3)C=CC12. The molecule has 0 radical (unpaired) electrons. The van der Waals surface area contributed by atoms with Gasteiger partial charge in [-0.15, -0.1) is 0 Å². The van der Waals surface area contributed by atoms with Crippen LogP contribution in [-0.4, -0.2) is 24.6 Å². The van der Waals surface area contributed by atoms with Gasteiger partial charge >= 0.3 is 0 Å². The van der Waals surface area contributed by atoms with Crippen molar-refractivity contribution in [1.82, 2.24) is 0 Å². The molecular formula is C21H23BrO3. The van der Waals surface area contributed by atoms with Crippen LogP contribution in [0.3, 0.4) is 0 Å². The summed E-state index contributed by atoms with van der Waals surface area (Å²) in [4.78, 5) is 12.6. The summed E-state index contributed by atoms with van der Waals surface area (Å²) in [5.41, 5.74) is -0.105. The average Bonchev–Trinajstić information content (AvgIpc) is 2.61. The molecule has 1 saturated carbocycles. The molecule has 1 unspecified atom stereocenters. The highest BCUT2D eigenvalue weighted by molar-refractivity contribution is 9.10. The van der Waals surface area contributed by atoms with Crippen LogP contribution >= 0.6 is 15.9 Å². The number of ketones is 1. The Morgan fingerprint density at radius 1 is 1.28 bits per heavy atom. The highest BCUT2D eigenvalue weighted by Gasteiger charge is 2.52. The number of rotatable bonds is 3. The van der Waals surface area contributed by atoms with Crippen LogP contribution in [0.5, 0.6) is 5.75 Å². The maximum Gasteiger partial charge on any atom is 0.139 e. The summed E-state index contributed by atoms with van der Waals surface area (Å²) >= 11 is 3.42. The molecule has 2 aliphatic carbocycles. The number of allylic oxidation sites excluding steroid dienone is 2. The molecule has 1 heterocycles. The van der Waals surface area contributed by atoms with Crippen molar-refractivity contribution < 1.29 is 14.3 Å². The van der Waals surface area contributed by atoms with Crippen LogP contribution in [0.2, 0.25) is 0 Å². The van der Waals surface area contributed by atoms with E-state index >= 15 is 0 Å². The van der Waals surface area contributed by atoms with Gasteiger partial charge in [0.05, 0.1) is 6.10 Å². The molecule has 4 rings (SSSR count). The third-order valence-electron chi connectivity index (χ3n) is 5.87. The number of hydrogen-bond acceptors (Lipinski definition) is 3. The van der Waals surface area contributed by atoms with Crippen molar-refractivity contribution in [2.24, 2.45) is 17.3 Å². The molecule has 5 atom stereocenters. The standard InChI is InChI=1S/C21H23BrO3/c1-21-11-3-2-4-17(21)19(23)12-20-18(21)10-9-16(25-20)13-24-15-7-5-14(22)6-8-15/h3,5-11,16-18,20H,2,4,12-13H2,1H3/t16-,17+,18?,20+,21-/m0/s1. The molecule has 0 bridgehead atoms. The monoisotopic (exact) mass is 402 g/mol. The third kappa shape index (κ3) is 3.22. The van der Waals surface area contributed by atoms with E-state index in [1.807, 2.05) is 24.3 Å². The van der Waals surface area contributed by atoms with Crippen LogP contribution < -0.4 is 4.74 Å². The lowest BCUT2D eigenvalue weighted by Gasteiger charge is -2.51. The lowest BCUT2D eigenvalue weighted by atomic mass is 9.56. The minimum absolute atomic E-state index is 0.0417. The van der Waals surface area contributed by atoms with E-state index in [4.69, 9.17) is 9.47 Å². The highest BCUT2D eigenvalue weighted by atomic mass is 79.9. The van der Waals surface area contributed by atoms with Crippen LogP contribution in [0.15, 0.2) is 53.0 Å². The van der Waals surface area contributed by atoms with Crippen molar-refractivity contribution in [1.29, 1.82) is 0 Å². The highest BCUT2D eigenvalue weighted by Crippen LogP contribution is 2.51. The molecule has 4 heteroatoms. The lowest BCUT2D eigenvalue weighted by Crippen LogP contribution is -2.53. The summed E-state index contributed by atoms with van der Waals surface area (Å²) in [6.07, 6.45) is 11.2. The first-order valence-electron chi connectivity index (χ1n) is 8.99. The summed E-state index contributed by atoms with van der Waals surface area (Å²) in [6.45, 7) is 2.68. The zero-order valence-electron chi connectivity index (χ0n) is 14.4. The minimum Gasteiger partial charge on any atom is -0.491 e. The molecule has 0 N–H and O–H groups in total. The quantitative estimate of drug-likeness (QED) is 0.686. The van der Waals surface area contributed by atoms with Gasteiger partial charge in [-0.2, -0.15) is 0 Å². The van der Waals surface area contributed by atoms with Crippen LogP contribution in [0.1, 0.15) is 26.2 Å². The second-order valence-corrected chi connectivity index (χ2v) is 8.37. The van der Waals surface area contributed by atoms with E-state index in [2.05, 4.69) is 47.2 Å². The molecule has 0 aromatic heterocycles. The Morgan fingerprint density at radius 3 is 2.88 bits per heavy atom. The van der Waals surface area contributed by atoms with E-state index < -0.39 is 0 Å². The number of hydrogen-bond donors (Lipinski definition) is 0. The smallest absolute Gasteiger partial charge is 0.139 e. The normalized spacial score (nSPS) is 36.6. The molecule has 3 aliphatic rings. The molecule has 3 nitrogen and oxygen atoms in total. The van der Waals surface area contributed by atoms with Crippen molar-refractivity contribution in [3.63, 3.8) is 0 Å². The largest absolute Gasteiger partial charge is 0.491 e. The molecular weight excluding hydrogens is 380 g/mol. The summed E-state index contributed by atoms with van der Waals surface area (Å²) in [7, 11) is 0. The fourth-order valence-electron chi connectivity index (χ4n) is 4.53. The van der Waals surface area contributed by atoms with Gasteiger partial charge in [0.15, 0.2) is 0 Å². The Bertz CT molecular complexity index is 708. The Hall–Kier alpha value is -1.39. The summed E-state index contributed by atoms with van der Waals surface area (Å²) in [5, 5.41) is 0. The maximum absolute atomic E-state index is 12.6. The number of carbonyl (C=O) groups excluding carboxylic acids is 1. The van der Waals surface area contributed by atoms with Gasteiger partial charge < -0.3 is 9.47 Å². The van der Waals surface area contributed by atoms with Crippen molar-refractivity contribution in [3.8, 4) is 5.75 Å². The van der Waals surface area contributed by atoms with E-state index in [1.54, 1.807) is 0 Å².